The molecule has 0 spiro atoms. The SMILES string of the molecule is CCC(CCO)CNC(=O)c1cc(F)c(Cl)cc1Cl. The molecule has 6 heteroatoms. The number of carbonyl (C=O) groups is 1. The zero-order chi connectivity index (χ0) is 14.4. The maximum absolute atomic E-state index is 13.3. The summed E-state index contributed by atoms with van der Waals surface area (Å²) in [6.45, 7) is 2.46. The van der Waals surface area contributed by atoms with Gasteiger partial charge in [0.05, 0.1) is 15.6 Å². The standard InChI is InChI=1S/C13H16Cl2FNO2/c1-2-8(3-4-18)7-17-13(19)9-5-12(16)11(15)6-10(9)14/h5-6,8,18H,2-4,7H2,1H3,(H,17,19). The number of nitrogens with one attached hydrogen (secondary N) is 1. The van der Waals surface area contributed by atoms with Crippen LogP contribution in [0.5, 0.6) is 0 Å². The summed E-state index contributed by atoms with van der Waals surface area (Å²) in [4.78, 5) is 11.9. The Morgan fingerprint density at radius 1 is 1.42 bits per heavy atom. The van der Waals surface area contributed by atoms with Crippen LogP contribution in [0.2, 0.25) is 10.0 Å². The second kappa shape index (κ2) is 7.68. The van der Waals surface area contributed by atoms with Crippen LogP contribution in [-0.2, 0) is 0 Å². The van der Waals surface area contributed by atoms with Gasteiger partial charge in [0.15, 0.2) is 0 Å². The van der Waals surface area contributed by atoms with Crippen molar-refractivity contribution in [2.45, 2.75) is 19.8 Å². The number of halogens is 3. The van der Waals surface area contributed by atoms with Gasteiger partial charge < -0.3 is 10.4 Å². The first-order chi connectivity index (χ1) is 8.99. The van der Waals surface area contributed by atoms with Crippen molar-refractivity contribution in [3.05, 3.63) is 33.6 Å². The van der Waals surface area contributed by atoms with E-state index in [1.165, 1.54) is 6.07 Å². The lowest BCUT2D eigenvalue weighted by Crippen LogP contribution is -2.29. The van der Waals surface area contributed by atoms with Crippen molar-refractivity contribution in [2.75, 3.05) is 13.2 Å². The fraction of sp³-hybridized carbons (Fsp3) is 0.462. The minimum atomic E-state index is -0.682. The molecule has 0 saturated carbocycles. The van der Waals surface area contributed by atoms with Crippen LogP contribution in [-0.4, -0.2) is 24.2 Å². The Bertz CT molecular complexity index is 455. The normalized spacial score (nSPS) is 12.3. The van der Waals surface area contributed by atoms with Gasteiger partial charge >= 0.3 is 0 Å². The number of hydrogen-bond donors (Lipinski definition) is 2. The van der Waals surface area contributed by atoms with E-state index in [0.29, 0.717) is 13.0 Å². The summed E-state index contributed by atoms with van der Waals surface area (Å²) in [6.07, 6.45) is 1.45. The molecule has 1 unspecified atom stereocenters. The molecule has 1 aromatic carbocycles. The smallest absolute Gasteiger partial charge is 0.252 e. The van der Waals surface area contributed by atoms with Gasteiger partial charge in [0.25, 0.3) is 5.91 Å². The van der Waals surface area contributed by atoms with E-state index in [0.717, 1.165) is 12.5 Å². The van der Waals surface area contributed by atoms with Gasteiger partial charge in [0.1, 0.15) is 5.82 Å². The van der Waals surface area contributed by atoms with Crippen molar-refractivity contribution in [1.29, 1.82) is 0 Å². The first-order valence-corrected chi connectivity index (χ1v) is 6.78. The van der Waals surface area contributed by atoms with Gasteiger partial charge in [-0.05, 0) is 24.5 Å². The van der Waals surface area contributed by atoms with Crippen LogP contribution in [0.15, 0.2) is 12.1 Å². The van der Waals surface area contributed by atoms with Crippen molar-refractivity contribution in [2.24, 2.45) is 5.92 Å². The molecule has 1 atom stereocenters. The van der Waals surface area contributed by atoms with Crippen molar-refractivity contribution in [3.63, 3.8) is 0 Å². The molecule has 0 aliphatic heterocycles. The number of hydrogen-bond acceptors (Lipinski definition) is 2. The molecular weight excluding hydrogens is 292 g/mol. The summed E-state index contributed by atoms with van der Waals surface area (Å²) in [7, 11) is 0. The molecule has 0 radical (unpaired) electrons. The van der Waals surface area contributed by atoms with Gasteiger partial charge in [0, 0.05) is 13.2 Å². The van der Waals surface area contributed by atoms with Crippen molar-refractivity contribution < 1.29 is 14.3 Å². The van der Waals surface area contributed by atoms with E-state index < -0.39 is 11.7 Å². The van der Waals surface area contributed by atoms with Crippen LogP contribution in [0.3, 0.4) is 0 Å². The van der Waals surface area contributed by atoms with E-state index in [1.54, 1.807) is 0 Å². The minimum absolute atomic E-state index is 0.0578. The average Bonchev–Trinajstić information content (AvgIpc) is 2.38. The Balaban J connectivity index is 2.70. The maximum atomic E-state index is 13.3. The minimum Gasteiger partial charge on any atom is -0.396 e. The molecule has 3 nitrogen and oxygen atoms in total. The van der Waals surface area contributed by atoms with Crippen LogP contribution in [0.4, 0.5) is 4.39 Å². The zero-order valence-electron chi connectivity index (χ0n) is 10.5. The summed E-state index contributed by atoms with van der Waals surface area (Å²) >= 11 is 11.4. The van der Waals surface area contributed by atoms with Crippen molar-refractivity contribution in [1.82, 2.24) is 5.32 Å². The predicted molar refractivity (Wildman–Crippen MR) is 74.2 cm³/mol. The molecule has 0 saturated heterocycles. The first kappa shape index (κ1) is 16.2. The van der Waals surface area contributed by atoms with Crippen LogP contribution in [0.25, 0.3) is 0 Å². The third kappa shape index (κ3) is 4.64. The molecule has 0 fully saturated rings. The van der Waals surface area contributed by atoms with Gasteiger partial charge in [-0.2, -0.15) is 0 Å². The van der Waals surface area contributed by atoms with Gasteiger partial charge in [-0.3, -0.25) is 4.79 Å². The number of carbonyl (C=O) groups excluding carboxylic acids is 1. The topological polar surface area (TPSA) is 49.3 Å². The highest BCUT2D eigenvalue weighted by atomic mass is 35.5. The fourth-order valence-electron chi connectivity index (χ4n) is 1.66. The molecule has 1 rings (SSSR count). The first-order valence-electron chi connectivity index (χ1n) is 6.03. The lowest BCUT2D eigenvalue weighted by molar-refractivity contribution is 0.0943. The number of benzene rings is 1. The quantitative estimate of drug-likeness (QED) is 0.792. The molecule has 1 amide bonds. The lowest BCUT2D eigenvalue weighted by Gasteiger charge is -2.14. The van der Waals surface area contributed by atoms with Crippen molar-refractivity contribution in [3.8, 4) is 0 Å². The molecular formula is C13H16Cl2FNO2. The summed E-state index contributed by atoms with van der Waals surface area (Å²) in [5.74, 6) is -0.944. The molecule has 1 aromatic rings. The van der Waals surface area contributed by atoms with Gasteiger partial charge in [-0.1, -0.05) is 36.5 Å². The number of amides is 1. The Morgan fingerprint density at radius 3 is 2.68 bits per heavy atom. The van der Waals surface area contributed by atoms with E-state index in [-0.39, 0.29) is 28.1 Å². The highest BCUT2D eigenvalue weighted by Crippen LogP contribution is 2.24. The average molecular weight is 308 g/mol. The highest BCUT2D eigenvalue weighted by molar-refractivity contribution is 6.36. The maximum Gasteiger partial charge on any atom is 0.252 e. The molecule has 0 aromatic heterocycles. The molecule has 19 heavy (non-hydrogen) atoms. The molecule has 2 N–H and O–H groups in total. The Morgan fingerprint density at radius 2 is 2.11 bits per heavy atom. The Kier molecular flexibility index (Phi) is 6.55. The number of aliphatic hydroxyl groups is 1. The van der Waals surface area contributed by atoms with E-state index in [9.17, 15) is 9.18 Å². The fourth-order valence-corrected chi connectivity index (χ4v) is 2.13. The van der Waals surface area contributed by atoms with Gasteiger partial charge in [-0.25, -0.2) is 4.39 Å². The monoisotopic (exact) mass is 307 g/mol. The molecule has 0 aliphatic carbocycles. The molecule has 0 heterocycles. The highest BCUT2D eigenvalue weighted by Gasteiger charge is 2.15. The third-order valence-corrected chi connectivity index (χ3v) is 3.52. The Labute approximate surface area is 121 Å². The lowest BCUT2D eigenvalue weighted by atomic mass is 10.0. The molecule has 0 bridgehead atoms. The summed E-state index contributed by atoms with van der Waals surface area (Å²) < 4.78 is 13.3. The van der Waals surface area contributed by atoms with Crippen LogP contribution in [0.1, 0.15) is 30.1 Å². The largest absolute Gasteiger partial charge is 0.396 e. The van der Waals surface area contributed by atoms with Crippen LogP contribution >= 0.6 is 23.2 Å². The van der Waals surface area contributed by atoms with E-state index >= 15 is 0 Å². The van der Waals surface area contributed by atoms with Crippen molar-refractivity contribution >= 4 is 29.1 Å². The van der Waals surface area contributed by atoms with E-state index in [1.807, 2.05) is 6.92 Å². The number of aliphatic hydroxyl groups excluding tert-OH is 1. The van der Waals surface area contributed by atoms with Gasteiger partial charge in [-0.15, -0.1) is 0 Å². The molecule has 0 aliphatic rings. The third-order valence-electron chi connectivity index (χ3n) is 2.92. The van der Waals surface area contributed by atoms with Crippen LogP contribution < -0.4 is 5.32 Å². The van der Waals surface area contributed by atoms with Crippen LogP contribution in [0, 0.1) is 11.7 Å². The molecule has 106 valence electrons. The number of rotatable bonds is 6. The predicted octanol–water partition coefficient (Wildman–Crippen LogP) is 3.27. The van der Waals surface area contributed by atoms with Gasteiger partial charge in [0.2, 0.25) is 0 Å². The summed E-state index contributed by atoms with van der Waals surface area (Å²) in [6, 6.07) is 2.23. The Hall–Kier alpha value is -0.840. The second-order valence-corrected chi connectivity index (χ2v) is 5.06. The second-order valence-electron chi connectivity index (χ2n) is 4.24. The van der Waals surface area contributed by atoms with E-state index in [2.05, 4.69) is 5.32 Å². The van der Waals surface area contributed by atoms with E-state index in [4.69, 9.17) is 28.3 Å². The summed E-state index contributed by atoms with van der Waals surface area (Å²) in [5, 5.41) is 11.5. The summed E-state index contributed by atoms with van der Waals surface area (Å²) in [5.41, 5.74) is 0.0578. The zero-order valence-corrected chi connectivity index (χ0v) is 12.1.